The Kier molecular flexibility index (Phi) is 5.62. The van der Waals surface area contributed by atoms with Gasteiger partial charge in [0.15, 0.2) is 0 Å². The van der Waals surface area contributed by atoms with Gasteiger partial charge in [-0.1, -0.05) is 13.0 Å². The van der Waals surface area contributed by atoms with Gasteiger partial charge in [-0.25, -0.2) is 0 Å². The van der Waals surface area contributed by atoms with Crippen LogP contribution in [0.3, 0.4) is 0 Å². The van der Waals surface area contributed by atoms with Gasteiger partial charge < -0.3 is 10.1 Å². The highest BCUT2D eigenvalue weighted by Gasteiger charge is 2.17. The molecule has 2 atom stereocenters. The van der Waals surface area contributed by atoms with Crippen LogP contribution >= 0.6 is 0 Å². The van der Waals surface area contributed by atoms with E-state index >= 15 is 0 Å². The molecule has 2 unspecified atom stereocenters. The minimum atomic E-state index is 0.495. The van der Waals surface area contributed by atoms with E-state index in [0.717, 1.165) is 19.6 Å². The van der Waals surface area contributed by atoms with Crippen LogP contribution in [0.5, 0.6) is 0 Å². The van der Waals surface area contributed by atoms with Gasteiger partial charge in [-0.2, -0.15) is 0 Å². The average molecular weight is 248 g/mol. The summed E-state index contributed by atoms with van der Waals surface area (Å²) in [6, 6.07) is 6.66. The fourth-order valence-corrected chi connectivity index (χ4v) is 2.60. The Balaban J connectivity index is 1.79. The van der Waals surface area contributed by atoms with Gasteiger partial charge in [-0.15, -0.1) is 0 Å². The largest absolute Gasteiger partial charge is 0.378 e. The van der Waals surface area contributed by atoms with Crippen LogP contribution in [-0.4, -0.2) is 30.3 Å². The predicted octanol–water partition coefficient (Wildman–Crippen LogP) is 2.56. The van der Waals surface area contributed by atoms with Crippen LogP contribution in [0.1, 0.15) is 38.3 Å². The minimum Gasteiger partial charge on any atom is -0.378 e. The van der Waals surface area contributed by atoms with Crippen molar-refractivity contribution in [3.63, 3.8) is 0 Å². The molecular weight excluding hydrogens is 224 g/mol. The van der Waals surface area contributed by atoms with E-state index in [9.17, 15) is 0 Å². The molecule has 1 aliphatic heterocycles. The number of pyridine rings is 1. The molecule has 3 heteroatoms. The molecule has 0 spiro atoms. The summed E-state index contributed by atoms with van der Waals surface area (Å²) < 4.78 is 5.69. The van der Waals surface area contributed by atoms with Crippen LogP contribution in [0.2, 0.25) is 0 Å². The lowest BCUT2D eigenvalue weighted by atomic mass is 10.0. The number of ether oxygens (including phenoxy) is 1. The Hall–Kier alpha value is -0.930. The number of hydrogen-bond donors (Lipinski definition) is 1. The van der Waals surface area contributed by atoms with E-state index in [1.165, 1.54) is 31.4 Å². The highest BCUT2D eigenvalue weighted by Crippen LogP contribution is 2.18. The summed E-state index contributed by atoms with van der Waals surface area (Å²) >= 11 is 0. The van der Waals surface area contributed by atoms with Crippen molar-refractivity contribution in [1.82, 2.24) is 10.3 Å². The first-order valence-corrected chi connectivity index (χ1v) is 7.13. The van der Waals surface area contributed by atoms with Crippen molar-refractivity contribution in [2.45, 2.75) is 51.2 Å². The molecule has 0 aromatic carbocycles. The zero-order valence-corrected chi connectivity index (χ0v) is 11.3. The topological polar surface area (TPSA) is 34.1 Å². The van der Waals surface area contributed by atoms with E-state index in [-0.39, 0.29) is 0 Å². The molecule has 1 fully saturated rings. The predicted molar refractivity (Wildman–Crippen MR) is 73.6 cm³/mol. The second-order valence-electron chi connectivity index (χ2n) is 4.99. The summed E-state index contributed by atoms with van der Waals surface area (Å²) in [6.45, 7) is 4.14. The quantitative estimate of drug-likeness (QED) is 0.805. The zero-order chi connectivity index (χ0) is 12.6. The monoisotopic (exact) mass is 248 g/mol. The van der Waals surface area contributed by atoms with Gasteiger partial charge in [0.05, 0.1) is 6.10 Å². The SMILES string of the molecule is CCNC(CCC1CCCO1)Cc1ccccn1. The molecule has 18 heavy (non-hydrogen) atoms. The van der Waals surface area contributed by atoms with E-state index in [4.69, 9.17) is 4.74 Å². The molecule has 0 amide bonds. The standard InChI is InChI=1S/C15H24N2O/c1-2-16-14(8-9-15-7-5-11-18-15)12-13-6-3-4-10-17-13/h3-4,6,10,14-16H,2,5,7-9,11-12H2,1H3. The first-order chi connectivity index (χ1) is 8.88. The number of nitrogens with one attached hydrogen (secondary N) is 1. The molecule has 1 aromatic heterocycles. The molecule has 100 valence electrons. The number of rotatable bonds is 7. The van der Waals surface area contributed by atoms with Crippen molar-refractivity contribution >= 4 is 0 Å². The van der Waals surface area contributed by atoms with E-state index in [1.807, 2.05) is 12.3 Å². The molecule has 1 saturated heterocycles. The molecule has 0 bridgehead atoms. The highest BCUT2D eigenvalue weighted by atomic mass is 16.5. The van der Waals surface area contributed by atoms with Crippen LogP contribution in [0, 0.1) is 0 Å². The maximum absolute atomic E-state index is 5.69. The molecule has 1 aliphatic rings. The third-order valence-electron chi connectivity index (χ3n) is 3.54. The smallest absolute Gasteiger partial charge is 0.0576 e. The summed E-state index contributed by atoms with van der Waals surface area (Å²) in [5.74, 6) is 0. The van der Waals surface area contributed by atoms with E-state index in [1.54, 1.807) is 0 Å². The first-order valence-electron chi connectivity index (χ1n) is 7.13. The maximum Gasteiger partial charge on any atom is 0.0576 e. The van der Waals surface area contributed by atoms with Gasteiger partial charge in [0.2, 0.25) is 0 Å². The Bertz CT molecular complexity index is 323. The van der Waals surface area contributed by atoms with Gasteiger partial charge in [-0.05, 0) is 44.4 Å². The van der Waals surface area contributed by atoms with Crippen LogP contribution in [0.15, 0.2) is 24.4 Å². The van der Waals surface area contributed by atoms with Crippen molar-refractivity contribution < 1.29 is 4.74 Å². The van der Waals surface area contributed by atoms with Gasteiger partial charge in [0, 0.05) is 31.0 Å². The highest BCUT2D eigenvalue weighted by molar-refractivity contribution is 5.05. The van der Waals surface area contributed by atoms with E-state index in [0.29, 0.717) is 12.1 Å². The molecule has 2 rings (SSSR count). The lowest BCUT2D eigenvalue weighted by Crippen LogP contribution is -2.32. The lowest BCUT2D eigenvalue weighted by molar-refractivity contribution is 0.0996. The van der Waals surface area contributed by atoms with Crippen LogP contribution in [0.4, 0.5) is 0 Å². The molecule has 1 N–H and O–H groups in total. The Labute approximate surface area is 110 Å². The van der Waals surface area contributed by atoms with Gasteiger partial charge >= 0.3 is 0 Å². The third kappa shape index (κ3) is 4.39. The van der Waals surface area contributed by atoms with E-state index < -0.39 is 0 Å². The fraction of sp³-hybridized carbons (Fsp3) is 0.667. The number of hydrogen-bond acceptors (Lipinski definition) is 3. The summed E-state index contributed by atoms with van der Waals surface area (Å²) in [5, 5.41) is 3.56. The minimum absolute atomic E-state index is 0.495. The molecule has 0 radical (unpaired) electrons. The molecule has 0 aliphatic carbocycles. The maximum atomic E-state index is 5.69. The summed E-state index contributed by atoms with van der Waals surface area (Å²) in [7, 11) is 0. The second kappa shape index (κ2) is 7.49. The molecular formula is C15H24N2O. The van der Waals surface area contributed by atoms with Crippen LogP contribution < -0.4 is 5.32 Å². The van der Waals surface area contributed by atoms with Crippen molar-refractivity contribution in [2.75, 3.05) is 13.2 Å². The van der Waals surface area contributed by atoms with E-state index in [2.05, 4.69) is 29.4 Å². The van der Waals surface area contributed by atoms with Gasteiger partial charge in [0.25, 0.3) is 0 Å². The third-order valence-corrected chi connectivity index (χ3v) is 3.54. The van der Waals surface area contributed by atoms with Crippen LogP contribution in [-0.2, 0) is 11.2 Å². The Morgan fingerprint density at radius 1 is 1.50 bits per heavy atom. The molecule has 0 saturated carbocycles. The van der Waals surface area contributed by atoms with Crippen molar-refractivity contribution in [3.05, 3.63) is 30.1 Å². The first kappa shape index (κ1) is 13.5. The normalized spacial score (nSPS) is 21.1. The number of likely N-dealkylation sites (N-methyl/N-ethyl adjacent to an activating group) is 1. The lowest BCUT2D eigenvalue weighted by Gasteiger charge is -2.19. The van der Waals surface area contributed by atoms with Crippen molar-refractivity contribution in [3.8, 4) is 0 Å². The van der Waals surface area contributed by atoms with Gasteiger partial charge in [-0.3, -0.25) is 4.98 Å². The Morgan fingerprint density at radius 3 is 3.11 bits per heavy atom. The van der Waals surface area contributed by atoms with Crippen molar-refractivity contribution in [1.29, 1.82) is 0 Å². The number of aromatic nitrogens is 1. The summed E-state index contributed by atoms with van der Waals surface area (Å²) in [5.41, 5.74) is 1.18. The average Bonchev–Trinajstić information content (AvgIpc) is 2.91. The molecule has 2 heterocycles. The zero-order valence-electron chi connectivity index (χ0n) is 11.3. The van der Waals surface area contributed by atoms with Gasteiger partial charge in [0.1, 0.15) is 0 Å². The van der Waals surface area contributed by atoms with Crippen LogP contribution in [0.25, 0.3) is 0 Å². The second-order valence-corrected chi connectivity index (χ2v) is 4.99. The summed E-state index contributed by atoms with van der Waals surface area (Å²) in [4.78, 5) is 4.41. The fourth-order valence-electron chi connectivity index (χ4n) is 2.60. The molecule has 1 aromatic rings. The summed E-state index contributed by atoms with van der Waals surface area (Å²) in [6.07, 6.45) is 8.20. The Morgan fingerprint density at radius 2 is 2.44 bits per heavy atom. The molecule has 3 nitrogen and oxygen atoms in total. The van der Waals surface area contributed by atoms with Crippen molar-refractivity contribution in [2.24, 2.45) is 0 Å². The number of nitrogens with zero attached hydrogens (tertiary/aromatic N) is 1.